The fourth-order valence-electron chi connectivity index (χ4n) is 0.776. The zero-order valence-corrected chi connectivity index (χ0v) is 9.53. The molecule has 11 heteroatoms. The number of aliphatic hydroxyl groups is 2. The molecule has 104 valence electrons. The van der Waals surface area contributed by atoms with Crippen molar-refractivity contribution in [1.82, 2.24) is 0 Å². The van der Waals surface area contributed by atoms with E-state index in [0.29, 0.717) is 0 Å². The van der Waals surface area contributed by atoms with Crippen LogP contribution in [0.4, 0.5) is 0 Å². The molecule has 0 rings (SSSR count). The highest BCUT2D eigenvalue weighted by molar-refractivity contribution is 7.87. The van der Waals surface area contributed by atoms with Gasteiger partial charge in [-0.25, -0.2) is 4.79 Å². The number of esters is 2. The molecule has 4 N–H and O–H groups in total. The van der Waals surface area contributed by atoms with Gasteiger partial charge in [-0.1, -0.05) is 0 Å². The molecule has 2 unspecified atom stereocenters. The van der Waals surface area contributed by atoms with E-state index < -0.39 is 52.4 Å². The third-order valence-corrected chi connectivity index (χ3v) is 2.71. The van der Waals surface area contributed by atoms with Crippen LogP contribution in [0.3, 0.4) is 0 Å². The SMILES string of the molecule is O=C(O)CC(C(=O)OC(=O)C(O)CO)S(=O)(=O)O. The van der Waals surface area contributed by atoms with Crippen LogP contribution < -0.4 is 0 Å². The van der Waals surface area contributed by atoms with E-state index in [1.807, 2.05) is 0 Å². The minimum atomic E-state index is -5.09. The minimum Gasteiger partial charge on any atom is -0.481 e. The van der Waals surface area contributed by atoms with Crippen molar-refractivity contribution in [2.75, 3.05) is 6.61 Å². The number of aliphatic hydroxyl groups excluding tert-OH is 2. The molecule has 2 atom stereocenters. The topological polar surface area (TPSA) is 175 Å². The van der Waals surface area contributed by atoms with Gasteiger partial charge in [0.25, 0.3) is 10.1 Å². The van der Waals surface area contributed by atoms with E-state index in [2.05, 4.69) is 4.74 Å². The summed E-state index contributed by atoms with van der Waals surface area (Å²) in [7, 11) is -5.09. The molecule has 0 aliphatic carbocycles. The van der Waals surface area contributed by atoms with Crippen molar-refractivity contribution in [2.45, 2.75) is 17.8 Å². The molecule has 0 amide bonds. The number of carboxylic acids is 1. The Labute approximate surface area is 101 Å². The summed E-state index contributed by atoms with van der Waals surface area (Å²) in [5.41, 5.74) is 0. The van der Waals surface area contributed by atoms with E-state index in [9.17, 15) is 22.8 Å². The summed E-state index contributed by atoms with van der Waals surface area (Å²) in [4.78, 5) is 32.2. The molecule has 0 saturated heterocycles. The van der Waals surface area contributed by atoms with Crippen molar-refractivity contribution in [3.8, 4) is 0 Å². The molecular formula is C7H10O10S. The zero-order chi connectivity index (χ0) is 14.5. The number of hydrogen-bond donors (Lipinski definition) is 4. The second kappa shape index (κ2) is 6.39. The first-order chi connectivity index (χ1) is 8.09. The fourth-order valence-corrected chi connectivity index (χ4v) is 1.42. The highest BCUT2D eigenvalue weighted by Gasteiger charge is 2.37. The van der Waals surface area contributed by atoms with Crippen LogP contribution in [0.25, 0.3) is 0 Å². The molecule has 0 aromatic carbocycles. The van der Waals surface area contributed by atoms with Crippen molar-refractivity contribution >= 4 is 28.0 Å². The van der Waals surface area contributed by atoms with Gasteiger partial charge in [-0.2, -0.15) is 8.42 Å². The van der Waals surface area contributed by atoms with E-state index in [4.69, 9.17) is 19.9 Å². The molecule has 0 bridgehead atoms. The Kier molecular flexibility index (Phi) is 5.84. The van der Waals surface area contributed by atoms with Crippen molar-refractivity contribution in [3.05, 3.63) is 0 Å². The summed E-state index contributed by atoms with van der Waals surface area (Å²) < 4.78 is 33.8. The Balaban J connectivity index is 4.89. The van der Waals surface area contributed by atoms with Gasteiger partial charge in [0.2, 0.25) is 0 Å². The Hall–Kier alpha value is -1.56. The average molecular weight is 286 g/mol. The monoisotopic (exact) mass is 286 g/mol. The van der Waals surface area contributed by atoms with Gasteiger partial charge in [-0.15, -0.1) is 0 Å². The lowest BCUT2D eigenvalue weighted by Crippen LogP contribution is -2.38. The maximum atomic E-state index is 11.1. The summed E-state index contributed by atoms with van der Waals surface area (Å²) >= 11 is 0. The lowest BCUT2D eigenvalue weighted by atomic mass is 10.3. The number of carbonyl (C=O) groups is 3. The molecule has 0 aromatic rings. The Morgan fingerprint density at radius 1 is 1.17 bits per heavy atom. The third kappa shape index (κ3) is 5.18. The number of carbonyl (C=O) groups excluding carboxylic acids is 2. The van der Waals surface area contributed by atoms with Crippen LogP contribution in [0.2, 0.25) is 0 Å². The predicted molar refractivity (Wildman–Crippen MR) is 51.8 cm³/mol. The maximum Gasteiger partial charge on any atom is 0.345 e. The predicted octanol–water partition coefficient (Wildman–Crippen LogP) is -2.86. The van der Waals surface area contributed by atoms with Crippen molar-refractivity contribution in [3.63, 3.8) is 0 Å². The first-order valence-corrected chi connectivity index (χ1v) is 5.82. The van der Waals surface area contributed by atoms with Crippen molar-refractivity contribution < 1.29 is 47.4 Å². The Morgan fingerprint density at radius 2 is 1.67 bits per heavy atom. The fraction of sp³-hybridized carbons (Fsp3) is 0.571. The summed E-state index contributed by atoms with van der Waals surface area (Å²) in [5.74, 6) is -5.26. The lowest BCUT2D eigenvalue weighted by Gasteiger charge is -2.11. The van der Waals surface area contributed by atoms with Crippen molar-refractivity contribution in [2.24, 2.45) is 0 Å². The molecule has 0 saturated carbocycles. The number of carboxylic acid groups (broad SMARTS) is 1. The van der Waals surface area contributed by atoms with E-state index in [1.165, 1.54) is 0 Å². The number of rotatable bonds is 6. The van der Waals surface area contributed by atoms with Gasteiger partial charge in [0, 0.05) is 0 Å². The van der Waals surface area contributed by atoms with E-state index >= 15 is 0 Å². The van der Waals surface area contributed by atoms with Gasteiger partial charge < -0.3 is 20.1 Å². The molecule has 0 aromatic heterocycles. The molecule has 0 aliphatic heterocycles. The maximum absolute atomic E-state index is 11.1. The molecule has 18 heavy (non-hydrogen) atoms. The quantitative estimate of drug-likeness (QED) is 0.225. The van der Waals surface area contributed by atoms with E-state index in [1.54, 1.807) is 0 Å². The first-order valence-electron chi connectivity index (χ1n) is 4.32. The second-order valence-corrected chi connectivity index (χ2v) is 4.64. The average Bonchev–Trinajstić information content (AvgIpc) is 2.22. The number of hydrogen-bond acceptors (Lipinski definition) is 8. The van der Waals surface area contributed by atoms with Gasteiger partial charge in [-0.3, -0.25) is 14.1 Å². The van der Waals surface area contributed by atoms with Crippen LogP contribution in [0.1, 0.15) is 6.42 Å². The molecule has 10 nitrogen and oxygen atoms in total. The summed E-state index contributed by atoms with van der Waals surface area (Å²) in [6, 6.07) is 0. The van der Waals surface area contributed by atoms with Gasteiger partial charge in [0.1, 0.15) is 0 Å². The van der Waals surface area contributed by atoms with E-state index in [0.717, 1.165) is 0 Å². The molecule has 0 fully saturated rings. The zero-order valence-electron chi connectivity index (χ0n) is 8.72. The lowest BCUT2D eigenvalue weighted by molar-refractivity contribution is -0.167. The third-order valence-electron chi connectivity index (χ3n) is 1.63. The summed E-state index contributed by atoms with van der Waals surface area (Å²) in [5, 5.41) is 22.9. The smallest absolute Gasteiger partial charge is 0.345 e. The molecule has 0 spiro atoms. The Morgan fingerprint density at radius 3 is 2.00 bits per heavy atom. The normalized spacial score (nSPS) is 14.6. The molecule has 0 heterocycles. The van der Waals surface area contributed by atoms with Crippen LogP contribution in [-0.2, 0) is 29.2 Å². The summed E-state index contributed by atoms with van der Waals surface area (Å²) in [6.07, 6.45) is -3.40. The van der Waals surface area contributed by atoms with Gasteiger partial charge in [0.05, 0.1) is 13.0 Å². The van der Waals surface area contributed by atoms with Crippen LogP contribution in [-0.4, -0.2) is 64.2 Å². The van der Waals surface area contributed by atoms with Gasteiger partial charge in [-0.05, 0) is 0 Å². The standard InChI is InChI=1S/C7H10O10S/c8-2-3(9)6(12)17-7(13)4(1-5(10)11)18(14,15)16/h3-4,8-9H,1-2H2,(H,10,11)(H,14,15,16). The number of ether oxygens (including phenoxy) is 1. The Bertz CT molecular complexity index is 437. The van der Waals surface area contributed by atoms with Crippen LogP contribution in [0.5, 0.6) is 0 Å². The number of aliphatic carboxylic acids is 1. The van der Waals surface area contributed by atoms with Crippen LogP contribution >= 0.6 is 0 Å². The largest absolute Gasteiger partial charge is 0.481 e. The second-order valence-electron chi connectivity index (χ2n) is 3.04. The highest BCUT2D eigenvalue weighted by atomic mass is 32.2. The first kappa shape index (κ1) is 16.4. The molecule has 0 aliphatic rings. The van der Waals surface area contributed by atoms with Crippen LogP contribution in [0, 0.1) is 0 Å². The van der Waals surface area contributed by atoms with Crippen LogP contribution in [0.15, 0.2) is 0 Å². The van der Waals surface area contributed by atoms with Gasteiger partial charge in [0.15, 0.2) is 11.4 Å². The molecule has 0 radical (unpaired) electrons. The van der Waals surface area contributed by atoms with Crippen molar-refractivity contribution in [1.29, 1.82) is 0 Å². The minimum absolute atomic E-state index is 1.08. The van der Waals surface area contributed by atoms with E-state index in [-0.39, 0.29) is 0 Å². The molecular weight excluding hydrogens is 276 g/mol. The summed E-state index contributed by atoms with van der Waals surface area (Å²) in [6.45, 7) is -1.08. The van der Waals surface area contributed by atoms with Gasteiger partial charge >= 0.3 is 17.9 Å². The highest BCUT2D eigenvalue weighted by Crippen LogP contribution is 2.08.